The Morgan fingerprint density at radius 2 is 2.29 bits per heavy atom. The zero-order chi connectivity index (χ0) is 12.5. The molecule has 0 amide bonds. The van der Waals surface area contributed by atoms with Crippen molar-refractivity contribution in [3.8, 4) is 0 Å². The molecule has 1 aliphatic heterocycles. The molecule has 2 rings (SSSR count). The van der Waals surface area contributed by atoms with Gasteiger partial charge in [-0.05, 0) is 13.8 Å². The van der Waals surface area contributed by atoms with Gasteiger partial charge in [0.05, 0.1) is 12.4 Å². The molecule has 1 aliphatic rings. The van der Waals surface area contributed by atoms with Gasteiger partial charge in [-0.2, -0.15) is 11.8 Å². The highest BCUT2D eigenvalue weighted by Crippen LogP contribution is 2.31. The Morgan fingerprint density at radius 1 is 1.53 bits per heavy atom. The molecule has 0 aromatic carbocycles. The maximum atomic E-state index is 10.8. The maximum Gasteiger partial charge on any atom is 0.356 e. The summed E-state index contributed by atoms with van der Waals surface area (Å²) in [6, 6.07) is 0. The third kappa shape index (κ3) is 2.88. The third-order valence-corrected chi connectivity index (χ3v) is 3.89. The smallest absolute Gasteiger partial charge is 0.356 e. The molecule has 0 spiro atoms. The second kappa shape index (κ2) is 4.52. The van der Waals surface area contributed by atoms with Gasteiger partial charge in [-0.25, -0.2) is 9.78 Å². The number of hydrogen-bond acceptors (Lipinski definition) is 5. The summed E-state index contributed by atoms with van der Waals surface area (Å²) in [5.41, 5.74) is -0.00136. The van der Waals surface area contributed by atoms with Gasteiger partial charge in [-0.15, -0.1) is 0 Å². The van der Waals surface area contributed by atoms with Gasteiger partial charge in [0, 0.05) is 23.6 Å². The molecule has 0 saturated carbocycles. The Bertz CT molecular complexity index is 436. The molecule has 1 N–H and O–H groups in total. The van der Waals surface area contributed by atoms with Gasteiger partial charge in [-0.1, -0.05) is 0 Å². The molecule has 92 valence electrons. The van der Waals surface area contributed by atoms with Crippen LogP contribution in [0.2, 0.25) is 0 Å². The molecule has 0 atom stereocenters. The average molecular weight is 253 g/mol. The van der Waals surface area contributed by atoms with Gasteiger partial charge in [0.15, 0.2) is 5.69 Å². The zero-order valence-corrected chi connectivity index (χ0v) is 10.7. The Kier molecular flexibility index (Phi) is 3.24. The molecule has 6 heteroatoms. The molecule has 0 aliphatic carbocycles. The monoisotopic (exact) mass is 253 g/mol. The van der Waals surface area contributed by atoms with Crippen LogP contribution >= 0.6 is 11.8 Å². The van der Waals surface area contributed by atoms with Gasteiger partial charge in [0.25, 0.3) is 0 Å². The van der Waals surface area contributed by atoms with Gasteiger partial charge >= 0.3 is 5.97 Å². The molecule has 17 heavy (non-hydrogen) atoms. The van der Waals surface area contributed by atoms with E-state index in [-0.39, 0.29) is 10.4 Å². The van der Waals surface area contributed by atoms with Gasteiger partial charge in [-0.3, -0.25) is 4.98 Å². The first-order chi connectivity index (χ1) is 7.98. The van der Waals surface area contributed by atoms with Gasteiger partial charge in [0.2, 0.25) is 0 Å². The highest BCUT2D eigenvalue weighted by Gasteiger charge is 2.28. The Labute approximate surface area is 104 Å². The number of carboxylic acids is 1. The van der Waals surface area contributed by atoms with Gasteiger partial charge in [0.1, 0.15) is 5.82 Å². The second-order valence-corrected chi connectivity index (χ2v) is 6.40. The van der Waals surface area contributed by atoms with Crippen LogP contribution in [-0.4, -0.2) is 44.6 Å². The zero-order valence-electron chi connectivity index (χ0n) is 9.88. The van der Waals surface area contributed by atoms with E-state index in [4.69, 9.17) is 5.11 Å². The highest BCUT2D eigenvalue weighted by molar-refractivity contribution is 8.00. The number of anilines is 1. The van der Waals surface area contributed by atoms with E-state index in [1.54, 1.807) is 6.20 Å². The number of thioether (sulfide) groups is 1. The van der Waals surface area contributed by atoms with Crippen molar-refractivity contribution in [3.05, 3.63) is 18.1 Å². The van der Waals surface area contributed by atoms with Crippen molar-refractivity contribution in [2.75, 3.05) is 23.7 Å². The maximum absolute atomic E-state index is 10.8. The van der Waals surface area contributed by atoms with Crippen molar-refractivity contribution in [1.29, 1.82) is 0 Å². The van der Waals surface area contributed by atoms with Gasteiger partial charge < -0.3 is 10.0 Å². The van der Waals surface area contributed by atoms with E-state index in [2.05, 4.69) is 28.7 Å². The molecule has 5 nitrogen and oxygen atoms in total. The molecule has 0 unspecified atom stereocenters. The van der Waals surface area contributed by atoms with Crippen LogP contribution in [0, 0.1) is 0 Å². The van der Waals surface area contributed by atoms with E-state index < -0.39 is 5.97 Å². The molecule has 1 aromatic rings. The fourth-order valence-electron chi connectivity index (χ4n) is 1.82. The summed E-state index contributed by atoms with van der Waals surface area (Å²) in [4.78, 5) is 21.0. The molecule has 1 saturated heterocycles. The number of nitrogens with zero attached hydrogens (tertiary/aromatic N) is 3. The van der Waals surface area contributed by atoms with E-state index in [0.717, 1.165) is 18.8 Å². The molecule has 1 aromatic heterocycles. The van der Waals surface area contributed by atoms with E-state index in [1.807, 2.05) is 11.8 Å². The minimum atomic E-state index is -1.04. The normalized spacial score (nSPS) is 19.1. The summed E-state index contributed by atoms with van der Waals surface area (Å²) in [6.07, 6.45) is 2.90. The predicted octanol–water partition coefficient (Wildman–Crippen LogP) is 1.51. The van der Waals surface area contributed by atoms with Crippen LogP contribution < -0.4 is 4.90 Å². The minimum absolute atomic E-state index is 0.00136. The van der Waals surface area contributed by atoms with Crippen molar-refractivity contribution in [3.63, 3.8) is 0 Å². The van der Waals surface area contributed by atoms with E-state index in [9.17, 15) is 4.79 Å². The van der Waals surface area contributed by atoms with E-state index in [1.165, 1.54) is 6.20 Å². The lowest BCUT2D eigenvalue weighted by atomic mass is 10.2. The highest BCUT2D eigenvalue weighted by atomic mass is 32.2. The van der Waals surface area contributed by atoms with Crippen LogP contribution in [0.1, 0.15) is 24.3 Å². The summed E-state index contributed by atoms with van der Waals surface area (Å²) in [7, 11) is 0. The Balaban J connectivity index is 2.22. The summed E-state index contributed by atoms with van der Waals surface area (Å²) in [6.45, 7) is 6.10. The molecular weight excluding hydrogens is 238 g/mol. The van der Waals surface area contributed by atoms with Crippen molar-refractivity contribution in [2.24, 2.45) is 0 Å². The lowest BCUT2D eigenvalue weighted by molar-refractivity contribution is 0.0690. The Morgan fingerprint density at radius 3 is 2.94 bits per heavy atom. The fourth-order valence-corrected chi connectivity index (χ4v) is 2.93. The Hall–Kier alpha value is -1.30. The van der Waals surface area contributed by atoms with Crippen LogP contribution in [0.4, 0.5) is 5.82 Å². The van der Waals surface area contributed by atoms with Crippen molar-refractivity contribution in [2.45, 2.75) is 18.6 Å². The first kappa shape index (κ1) is 12.2. The molecule has 0 radical (unpaired) electrons. The van der Waals surface area contributed by atoms with E-state index in [0.29, 0.717) is 5.82 Å². The first-order valence-corrected chi connectivity index (χ1v) is 6.41. The summed E-state index contributed by atoms with van der Waals surface area (Å²) >= 11 is 1.92. The number of hydrogen-bond donors (Lipinski definition) is 1. The van der Waals surface area contributed by atoms with Crippen LogP contribution in [-0.2, 0) is 0 Å². The van der Waals surface area contributed by atoms with Crippen LogP contribution in [0.25, 0.3) is 0 Å². The van der Waals surface area contributed by atoms with Crippen molar-refractivity contribution in [1.82, 2.24) is 9.97 Å². The summed E-state index contributed by atoms with van der Waals surface area (Å²) in [5.74, 6) is 0.634. The molecular formula is C11H15N3O2S. The fraction of sp³-hybridized carbons (Fsp3) is 0.545. The van der Waals surface area contributed by atoms with Crippen LogP contribution in [0.3, 0.4) is 0 Å². The average Bonchev–Trinajstić information content (AvgIpc) is 2.28. The second-order valence-electron chi connectivity index (χ2n) is 4.60. The first-order valence-electron chi connectivity index (χ1n) is 5.42. The SMILES string of the molecule is CC1(C)CN(c2cncc(C(=O)O)n2)CCS1. The minimum Gasteiger partial charge on any atom is -0.476 e. The lowest BCUT2D eigenvalue weighted by Crippen LogP contribution is -2.43. The number of aromatic nitrogens is 2. The number of rotatable bonds is 2. The third-order valence-electron chi connectivity index (χ3n) is 2.59. The van der Waals surface area contributed by atoms with E-state index >= 15 is 0 Å². The topological polar surface area (TPSA) is 66.3 Å². The quantitative estimate of drug-likeness (QED) is 0.861. The molecule has 1 fully saturated rings. The van der Waals surface area contributed by atoms with Crippen molar-refractivity contribution >= 4 is 23.5 Å². The molecule has 2 heterocycles. The molecule has 0 bridgehead atoms. The van der Waals surface area contributed by atoms with Crippen LogP contribution in [0.5, 0.6) is 0 Å². The predicted molar refractivity (Wildman–Crippen MR) is 67.7 cm³/mol. The standard InChI is InChI=1S/C11H15N3O2S/c1-11(2)7-14(3-4-17-11)9-6-12-5-8(13-9)10(15)16/h5-6H,3-4,7H2,1-2H3,(H,15,16). The van der Waals surface area contributed by atoms with Crippen molar-refractivity contribution < 1.29 is 9.90 Å². The number of carbonyl (C=O) groups is 1. The van der Waals surface area contributed by atoms with Crippen LogP contribution in [0.15, 0.2) is 12.4 Å². The number of carboxylic acid groups (broad SMARTS) is 1. The summed E-state index contributed by atoms with van der Waals surface area (Å²) in [5, 5.41) is 8.89. The number of aromatic carboxylic acids is 1. The summed E-state index contributed by atoms with van der Waals surface area (Å²) < 4.78 is 0.166. The lowest BCUT2D eigenvalue weighted by Gasteiger charge is -2.38. The largest absolute Gasteiger partial charge is 0.476 e.